The summed E-state index contributed by atoms with van der Waals surface area (Å²) in [6.45, 7) is 1.91. The smallest absolute Gasteiger partial charge is 0.244 e. The van der Waals surface area contributed by atoms with Gasteiger partial charge in [-0.2, -0.15) is 0 Å². The van der Waals surface area contributed by atoms with Crippen molar-refractivity contribution in [2.75, 3.05) is 19.5 Å². The van der Waals surface area contributed by atoms with E-state index >= 15 is 0 Å². The maximum atomic E-state index is 12.3. The normalized spacial score (nSPS) is 16.8. The second-order valence-corrected chi connectivity index (χ2v) is 5.34. The second-order valence-electron chi connectivity index (χ2n) is 5.34. The molecule has 0 heterocycles. The second kappa shape index (κ2) is 5.71. The van der Waals surface area contributed by atoms with Gasteiger partial charge in [-0.1, -0.05) is 12.8 Å². The van der Waals surface area contributed by atoms with Crippen LogP contribution >= 0.6 is 0 Å². The Balaban J connectivity index is 2.23. The van der Waals surface area contributed by atoms with Crippen LogP contribution in [0.25, 0.3) is 0 Å². The molecule has 0 spiro atoms. The Morgan fingerprint density at radius 2 is 1.75 bits per heavy atom. The van der Waals surface area contributed by atoms with Gasteiger partial charge in [-0.15, -0.1) is 0 Å². The van der Waals surface area contributed by atoms with Gasteiger partial charge in [-0.05, 0) is 31.4 Å². The number of benzene rings is 1. The van der Waals surface area contributed by atoms with Crippen LogP contribution in [-0.2, 0) is 4.79 Å². The molecule has 0 radical (unpaired) electrons. The van der Waals surface area contributed by atoms with Gasteiger partial charge in [0, 0.05) is 11.8 Å². The van der Waals surface area contributed by atoms with Gasteiger partial charge in [0.2, 0.25) is 5.91 Å². The number of nitrogens with two attached hydrogens (primary N) is 1. The van der Waals surface area contributed by atoms with E-state index in [1.807, 2.05) is 13.0 Å². The maximum Gasteiger partial charge on any atom is 0.244 e. The molecule has 20 heavy (non-hydrogen) atoms. The lowest BCUT2D eigenvalue weighted by Crippen LogP contribution is -2.48. The number of anilines is 1. The van der Waals surface area contributed by atoms with Gasteiger partial charge < -0.3 is 20.5 Å². The highest BCUT2D eigenvalue weighted by Gasteiger charge is 2.37. The Bertz CT molecular complexity index is 508. The van der Waals surface area contributed by atoms with Crippen LogP contribution in [0.15, 0.2) is 12.1 Å². The summed E-state index contributed by atoms with van der Waals surface area (Å²) in [6, 6.07) is 3.61. The predicted molar refractivity (Wildman–Crippen MR) is 78.3 cm³/mol. The van der Waals surface area contributed by atoms with Crippen molar-refractivity contribution in [1.29, 1.82) is 0 Å². The number of carbonyl (C=O) groups excluding carboxylic acids is 1. The summed E-state index contributed by atoms with van der Waals surface area (Å²) in [5, 5.41) is 2.92. The first-order valence-corrected chi connectivity index (χ1v) is 6.83. The van der Waals surface area contributed by atoms with Crippen molar-refractivity contribution in [3.05, 3.63) is 17.7 Å². The quantitative estimate of drug-likeness (QED) is 0.885. The average Bonchev–Trinajstić information content (AvgIpc) is 2.88. The highest BCUT2D eigenvalue weighted by Crippen LogP contribution is 2.34. The molecule has 0 unspecified atom stereocenters. The van der Waals surface area contributed by atoms with E-state index in [4.69, 9.17) is 15.2 Å². The molecule has 5 heteroatoms. The van der Waals surface area contributed by atoms with Crippen LogP contribution in [-0.4, -0.2) is 25.7 Å². The van der Waals surface area contributed by atoms with Gasteiger partial charge in [0.1, 0.15) is 0 Å². The van der Waals surface area contributed by atoms with Crippen LogP contribution in [0.3, 0.4) is 0 Å². The number of methoxy groups -OCH3 is 2. The fourth-order valence-corrected chi connectivity index (χ4v) is 2.60. The minimum Gasteiger partial charge on any atom is -0.493 e. The van der Waals surface area contributed by atoms with Gasteiger partial charge in [-0.3, -0.25) is 4.79 Å². The van der Waals surface area contributed by atoms with Gasteiger partial charge in [0.05, 0.1) is 19.8 Å². The van der Waals surface area contributed by atoms with Crippen molar-refractivity contribution in [2.45, 2.75) is 38.1 Å². The lowest BCUT2D eigenvalue weighted by atomic mass is 9.98. The lowest BCUT2D eigenvalue weighted by molar-refractivity contribution is -0.121. The SMILES string of the molecule is COc1cc(C)c(NC(=O)C2(N)CCCC2)cc1OC. The molecule has 110 valence electrons. The van der Waals surface area contributed by atoms with Crippen LogP contribution in [0.1, 0.15) is 31.2 Å². The molecule has 0 aliphatic heterocycles. The van der Waals surface area contributed by atoms with E-state index in [0.717, 1.165) is 31.2 Å². The highest BCUT2D eigenvalue weighted by atomic mass is 16.5. The van der Waals surface area contributed by atoms with Gasteiger partial charge in [0.15, 0.2) is 11.5 Å². The van der Waals surface area contributed by atoms with Crippen LogP contribution in [0, 0.1) is 6.92 Å². The number of carbonyl (C=O) groups is 1. The molecule has 1 saturated carbocycles. The zero-order valence-corrected chi connectivity index (χ0v) is 12.3. The van der Waals surface area contributed by atoms with Crippen molar-refractivity contribution in [2.24, 2.45) is 5.73 Å². The Kier molecular flexibility index (Phi) is 4.18. The third-order valence-corrected chi connectivity index (χ3v) is 3.93. The predicted octanol–water partition coefficient (Wildman–Crippen LogP) is 2.22. The number of amides is 1. The van der Waals surface area contributed by atoms with Crippen molar-refractivity contribution in [3.8, 4) is 11.5 Å². The number of nitrogens with one attached hydrogen (secondary N) is 1. The summed E-state index contributed by atoms with van der Waals surface area (Å²) in [4.78, 5) is 12.3. The molecule has 1 amide bonds. The molecule has 2 rings (SSSR count). The minimum atomic E-state index is -0.737. The Morgan fingerprint density at radius 3 is 2.30 bits per heavy atom. The summed E-state index contributed by atoms with van der Waals surface area (Å²) < 4.78 is 10.5. The van der Waals surface area contributed by atoms with Crippen molar-refractivity contribution in [1.82, 2.24) is 0 Å². The topological polar surface area (TPSA) is 73.6 Å². The Labute approximate surface area is 119 Å². The molecule has 5 nitrogen and oxygen atoms in total. The minimum absolute atomic E-state index is 0.120. The molecule has 0 saturated heterocycles. The number of aryl methyl sites for hydroxylation is 1. The number of rotatable bonds is 4. The van der Waals surface area contributed by atoms with Crippen LogP contribution < -0.4 is 20.5 Å². The first-order valence-electron chi connectivity index (χ1n) is 6.83. The molecular weight excluding hydrogens is 256 g/mol. The van der Waals surface area contributed by atoms with Crippen LogP contribution in [0.2, 0.25) is 0 Å². The van der Waals surface area contributed by atoms with E-state index in [1.54, 1.807) is 20.3 Å². The summed E-state index contributed by atoms with van der Waals surface area (Å²) in [6.07, 6.45) is 3.50. The van der Waals surface area contributed by atoms with E-state index in [2.05, 4.69) is 5.32 Å². The van der Waals surface area contributed by atoms with E-state index in [1.165, 1.54) is 0 Å². The number of ether oxygens (including phenoxy) is 2. The maximum absolute atomic E-state index is 12.3. The Hall–Kier alpha value is -1.75. The van der Waals surface area contributed by atoms with Crippen molar-refractivity contribution >= 4 is 11.6 Å². The number of hydrogen-bond acceptors (Lipinski definition) is 4. The van der Waals surface area contributed by atoms with Crippen LogP contribution in [0.5, 0.6) is 11.5 Å². The van der Waals surface area contributed by atoms with E-state index < -0.39 is 5.54 Å². The summed E-state index contributed by atoms with van der Waals surface area (Å²) in [5.41, 5.74) is 7.05. The molecule has 1 fully saturated rings. The van der Waals surface area contributed by atoms with Crippen LogP contribution in [0.4, 0.5) is 5.69 Å². The van der Waals surface area contributed by atoms with Crippen molar-refractivity contribution in [3.63, 3.8) is 0 Å². The lowest BCUT2D eigenvalue weighted by Gasteiger charge is -2.23. The van der Waals surface area contributed by atoms with E-state index in [9.17, 15) is 4.79 Å². The van der Waals surface area contributed by atoms with Crippen molar-refractivity contribution < 1.29 is 14.3 Å². The molecule has 0 atom stereocenters. The summed E-state index contributed by atoms with van der Waals surface area (Å²) in [5.74, 6) is 1.11. The molecule has 1 aromatic rings. The summed E-state index contributed by atoms with van der Waals surface area (Å²) in [7, 11) is 3.16. The average molecular weight is 278 g/mol. The molecular formula is C15H22N2O3. The summed E-state index contributed by atoms with van der Waals surface area (Å²) >= 11 is 0. The molecule has 0 aromatic heterocycles. The zero-order chi connectivity index (χ0) is 14.8. The fourth-order valence-electron chi connectivity index (χ4n) is 2.60. The van der Waals surface area contributed by atoms with Gasteiger partial charge >= 0.3 is 0 Å². The monoisotopic (exact) mass is 278 g/mol. The highest BCUT2D eigenvalue weighted by molar-refractivity contribution is 5.99. The molecule has 1 aromatic carbocycles. The molecule has 3 N–H and O–H groups in total. The first-order chi connectivity index (χ1) is 9.50. The van der Waals surface area contributed by atoms with E-state index in [0.29, 0.717) is 17.2 Å². The Morgan fingerprint density at radius 1 is 1.20 bits per heavy atom. The first kappa shape index (κ1) is 14.7. The van der Waals surface area contributed by atoms with E-state index in [-0.39, 0.29) is 5.91 Å². The third-order valence-electron chi connectivity index (χ3n) is 3.93. The third kappa shape index (κ3) is 2.72. The largest absolute Gasteiger partial charge is 0.493 e. The molecule has 1 aliphatic carbocycles. The molecule has 1 aliphatic rings. The molecule has 0 bridgehead atoms. The standard InChI is InChI=1S/C15H22N2O3/c1-10-8-12(19-2)13(20-3)9-11(10)17-14(18)15(16)6-4-5-7-15/h8-9H,4-7,16H2,1-3H3,(H,17,18). The van der Waals surface area contributed by atoms with Gasteiger partial charge in [0.25, 0.3) is 0 Å². The fraction of sp³-hybridized carbons (Fsp3) is 0.533. The number of hydrogen-bond donors (Lipinski definition) is 2. The van der Waals surface area contributed by atoms with Gasteiger partial charge in [-0.25, -0.2) is 0 Å². The zero-order valence-electron chi connectivity index (χ0n) is 12.3.